The van der Waals surface area contributed by atoms with Gasteiger partial charge < -0.3 is 9.47 Å². The van der Waals surface area contributed by atoms with Crippen molar-refractivity contribution in [2.45, 2.75) is 38.2 Å². The fourth-order valence-corrected chi connectivity index (χ4v) is 3.57. The summed E-state index contributed by atoms with van der Waals surface area (Å²) in [6.45, 7) is 7.11. The number of nitrogens with one attached hydrogen (secondary N) is 1. The number of ether oxygens (including phenoxy) is 2. The fraction of sp³-hybridized carbons (Fsp3) is 0.471. The lowest BCUT2D eigenvalue weighted by atomic mass is 10.2. The van der Waals surface area contributed by atoms with Gasteiger partial charge in [-0.15, -0.1) is 0 Å². The van der Waals surface area contributed by atoms with E-state index in [2.05, 4.69) is 9.71 Å². The zero-order chi connectivity index (χ0) is 17.6. The molecule has 0 atom stereocenters. The first-order valence-corrected chi connectivity index (χ1v) is 9.56. The van der Waals surface area contributed by atoms with Crippen LogP contribution in [0.3, 0.4) is 0 Å². The molecule has 2 aromatic rings. The molecule has 0 fully saturated rings. The van der Waals surface area contributed by atoms with Gasteiger partial charge in [-0.1, -0.05) is 0 Å². The van der Waals surface area contributed by atoms with Gasteiger partial charge in [0.2, 0.25) is 10.0 Å². The normalized spacial score (nSPS) is 12.0. The highest BCUT2D eigenvalue weighted by Crippen LogP contribution is 2.29. The first-order valence-electron chi connectivity index (χ1n) is 8.07. The van der Waals surface area contributed by atoms with Crippen molar-refractivity contribution in [2.75, 3.05) is 19.8 Å². The van der Waals surface area contributed by atoms with E-state index in [-0.39, 0.29) is 11.0 Å². The standard InChI is InChI=1S/C17H24N2O4S/c1-4-22-15-8-9-16(14-7-5-10-18-17(14)15)24(20,21)19-11-6-12-23-13(2)3/h5,7-10,13,19H,4,6,11-12H2,1-3H3. The predicted octanol–water partition coefficient (Wildman–Crippen LogP) is 2.73. The zero-order valence-electron chi connectivity index (χ0n) is 14.3. The van der Waals surface area contributed by atoms with E-state index >= 15 is 0 Å². The second-order valence-electron chi connectivity index (χ2n) is 5.57. The molecule has 24 heavy (non-hydrogen) atoms. The quantitative estimate of drug-likeness (QED) is 0.702. The minimum absolute atomic E-state index is 0.141. The molecule has 2 rings (SSSR count). The van der Waals surface area contributed by atoms with E-state index in [4.69, 9.17) is 9.47 Å². The second kappa shape index (κ2) is 8.41. The number of rotatable bonds is 9. The number of fused-ring (bicyclic) bond motifs is 1. The molecule has 0 aliphatic heterocycles. The lowest BCUT2D eigenvalue weighted by Gasteiger charge is -2.12. The van der Waals surface area contributed by atoms with Crippen LogP contribution in [0, 0.1) is 0 Å². The molecule has 0 aliphatic carbocycles. The third-order valence-electron chi connectivity index (χ3n) is 3.35. The number of pyridine rings is 1. The number of hydrogen-bond donors (Lipinski definition) is 1. The molecule has 7 heteroatoms. The van der Waals surface area contributed by atoms with Crippen LogP contribution in [-0.2, 0) is 14.8 Å². The van der Waals surface area contributed by atoms with Crippen molar-refractivity contribution in [3.63, 3.8) is 0 Å². The van der Waals surface area contributed by atoms with Gasteiger partial charge in [-0.2, -0.15) is 0 Å². The molecule has 1 aromatic carbocycles. The highest BCUT2D eigenvalue weighted by molar-refractivity contribution is 7.89. The average Bonchev–Trinajstić information content (AvgIpc) is 2.54. The van der Waals surface area contributed by atoms with Crippen molar-refractivity contribution in [3.8, 4) is 5.75 Å². The molecular weight excluding hydrogens is 328 g/mol. The van der Waals surface area contributed by atoms with Crippen molar-refractivity contribution >= 4 is 20.9 Å². The Labute approximate surface area is 143 Å². The summed E-state index contributed by atoms with van der Waals surface area (Å²) in [5.41, 5.74) is 0.547. The maximum absolute atomic E-state index is 12.6. The van der Waals surface area contributed by atoms with Crippen LogP contribution in [0.5, 0.6) is 5.75 Å². The first kappa shape index (κ1) is 18.6. The second-order valence-corrected chi connectivity index (χ2v) is 7.30. The molecular formula is C17H24N2O4S. The lowest BCUT2D eigenvalue weighted by Crippen LogP contribution is -2.26. The third kappa shape index (κ3) is 4.66. The van der Waals surface area contributed by atoms with Gasteiger partial charge in [0.25, 0.3) is 0 Å². The smallest absolute Gasteiger partial charge is 0.241 e. The number of benzene rings is 1. The summed E-state index contributed by atoms with van der Waals surface area (Å²) in [5, 5.41) is 0.550. The Morgan fingerprint density at radius 3 is 2.75 bits per heavy atom. The topological polar surface area (TPSA) is 77.5 Å². The van der Waals surface area contributed by atoms with Crippen LogP contribution in [0.1, 0.15) is 27.2 Å². The molecule has 0 aliphatic rings. The van der Waals surface area contributed by atoms with Crippen molar-refractivity contribution < 1.29 is 17.9 Å². The Bertz CT molecular complexity index is 775. The van der Waals surface area contributed by atoms with Crippen LogP contribution in [0.4, 0.5) is 0 Å². The summed E-state index contributed by atoms with van der Waals surface area (Å²) >= 11 is 0. The molecule has 132 valence electrons. The molecule has 0 saturated carbocycles. The zero-order valence-corrected chi connectivity index (χ0v) is 15.1. The first-order chi connectivity index (χ1) is 11.5. The molecule has 0 saturated heterocycles. The van der Waals surface area contributed by atoms with Gasteiger partial charge in [-0.25, -0.2) is 13.1 Å². The van der Waals surface area contributed by atoms with Crippen molar-refractivity contribution in [2.24, 2.45) is 0 Å². The van der Waals surface area contributed by atoms with E-state index in [0.717, 1.165) is 0 Å². The number of nitrogens with zero attached hydrogens (tertiary/aromatic N) is 1. The summed E-state index contributed by atoms with van der Waals surface area (Å²) < 4.78 is 38.7. The number of aromatic nitrogens is 1. The van der Waals surface area contributed by atoms with Gasteiger partial charge in [-0.3, -0.25) is 4.98 Å². The van der Waals surface area contributed by atoms with E-state index in [1.165, 1.54) is 0 Å². The van der Waals surface area contributed by atoms with E-state index in [1.54, 1.807) is 30.5 Å². The highest BCUT2D eigenvalue weighted by Gasteiger charge is 2.19. The van der Waals surface area contributed by atoms with Gasteiger partial charge >= 0.3 is 0 Å². The highest BCUT2D eigenvalue weighted by atomic mass is 32.2. The molecule has 0 spiro atoms. The molecule has 6 nitrogen and oxygen atoms in total. The minimum Gasteiger partial charge on any atom is -0.492 e. The predicted molar refractivity (Wildman–Crippen MR) is 93.8 cm³/mol. The van der Waals surface area contributed by atoms with Crippen LogP contribution in [0.2, 0.25) is 0 Å². The largest absolute Gasteiger partial charge is 0.492 e. The molecule has 1 aromatic heterocycles. The van der Waals surface area contributed by atoms with Crippen LogP contribution >= 0.6 is 0 Å². The van der Waals surface area contributed by atoms with E-state index in [1.807, 2.05) is 20.8 Å². The molecule has 0 amide bonds. The van der Waals surface area contributed by atoms with E-state index in [9.17, 15) is 8.42 Å². The Morgan fingerprint density at radius 1 is 1.25 bits per heavy atom. The summed E-state index contributed by atoms with van der Waals surface area (Å²) in [6, 6.07) is 6.66. The Kier molecular flexibility index (Phi) is 6.53. The lowest BCUT2D eigenvalue weighted by molar-refractivity contribution is 0.0778. The number of hydrogen-bond acceptors (Lipinski definition) is 5. The van der Waals surface area contributed by atoms with Crippen molar-refractivity contribution in [1.29, 1.82) is 0 Å². The summed E-state index contributed by atoms with van der Waals surface area (Å²) in [5.74, 6) is 0.581. The van der Waals surface area contributed by atoms with Crippen LogP contribution in [-0.4, -0.2) is 39.3 Å². The molecule has 1 N–H and O–H groups in total. The summed E-state index contributed by atoms with van der Waals surface area (Å²) in [4.78, 5) is 4.47. The Morgan fingerprint density at radius 2 is 2.04 bits per heavy atom. The van der Waals surface area contributed by atoms with E-state index in [0.29, 0.717) is 42.8 Å². The summed E-state index contributed by atoms with van der Waals surface area (Å²) in [6.07, 6.45) is 2.38. The van der Waals surface area contributed by atoms with Gasteiger partial charge in [0, 0.05) is 24.7 Å². The van der Waals surface area contributed by atoms with Gasteiger partial charge in [0.05, 0.1) is 17.6 Å². The average molecular weight is 352 g/mol. The van der Waals surface area contributed by atoms with Crippen LogP contribution in [0.15, 0.2) is 35.4 Å². The van der Waals surface area contributed by atoms with E-state index < -0.39 is 10.0 Å². The maximum atomic E-state index is 12.6. The third-order valence-corrected chi connectivity index (χ3v) is 4.87. The summed E-state index contributed by atoms with van der Waals surface area (Å²) in [7, 11) is -3.62. The van der Waals surface area contributed by atoms with Crippen molar-refractivity contribution in [1.82, 2.24) is 9.71 Å². The van der Waals surface area contributed by atoms with Crippen LogP contribution < -0.4 is 9.46 Å². The number of sulfonamides is 1. The van der Waals surface area contributed by atoms with Crippen molar-refractivity contribution in [3.05, 3.63) is 30.5 Å². The molecule has 0 radical (unpaired) electrons. The van der Waals surface area contributed by atoms with Gasteiger partial charge in [0.15, 0.2) is 0 Å². The minimum atomic E-state index is -3.62. The fourth-order valence-electron chi connectivity index (χ4n) is 2.30. The Hall–Kier alpha value is -1.70. The van der Waals surface area contributed by atoms with Crippen LogP contribution in [0.25, 0.3) is 10.9 Å². The Balaban J connectivity index is 2.20. The van der Waals surface area contributed by atoms with Gasteiger partial charge in [-0.05, 0) is 51.5 Å². The SMILES string of the molecule is CCOc1ccc(S(=O)(=O)NCCCOC(C)C)c2cccnc12. The maximum Gasteiger partial charge on any atom is 0.241 e. The van der Waals surface area contributed by atoms with Gasteiger partial charge in [0.1, 0.15) is 11.3 Å². The molecule has 1 heterocycles. The molecule has 0 bridgehead atoms. The molecule has 0 unspecified atom stereocenters. The monoisotopic (exact) mass is 352 g/mol.